The topological polar surface area (TPSA) is 96.3 Å². The molecule has 24 heavy (non-hydrogen) atoms. The first-order chi connectivity index (χ1) is 11.6. The molecule has 1 saturated carbocycles. The van der Waals surface area contributed by atoms with E-state index in [4.69, 9.17) is 5.73 Å². The fourth-order valence-electron chi connectivity index (χ4n) is 4.00. The highest BCUT2D eigenvalue weighted by atomic mass is 32.2. The van der Waals surface area contributed by atoms with Gasteiger partial charge in [0.05, 0.1) is 23.3 Å². The van der Waals surface area contributed by atoms with E-state index in [2.05, 4.69) is 23.2 Å². The second kappa shape index (κ2) is 7.35. The van der Waals surface area contributed by atoms with Gasteiger partial charge in [-0.15, -0.1) is 0 Å². The summed E-state index contributed by atoms with van der Waals surface area (Å²) in [7, 11) is 0. The quantitative estimate of drug-likeness (QED) is 0.794. The Morgan fingerprint density at radius 1 is 1.42 bits per heavy atom. The highest BCUT2D eigenvalue weighted by Crippen LogP contribution is 2.45. The standard InChI is InChI=1S/C18H21N3O2S/c19-9-12-16(11-5-2-1-3-6-11)17-13(7-4-8-14(17)22)21-18(12)24-10-15(20)23/h1-2,11,16-17H,3-8,10H2,(H2,20,23)/t11-,16-,17?/m1/s1. The van der Waals surface area contributed by atoms with E-state index in [1.807, 2.05) is 0 Å². The van der Waals surface area contributed by atoms with Crippen molar-refractivity contribution in [2.24, 2.45) is 28.5 Å². The number of fused-ring (bicyclic) bond motifs is 1. The van der Waals surface area contributed by atoms with Crippen molar-refractivity contribution in [3.8, 4) is 6.07 Å². The van der Waals surface area contributed by atoms with E-state index >= 15 is 0 Å². The second-order valence-corrected chi connectivity index (χ2v) is 7.52. The summed E-state index contributed by atoms with van der Waals surface area (Å²) < 4.78 is 0. The van der Waals surface area contributed by atoms with Gasteiger partial charge in [-0.05, 0) is 38.0 Å². The molecule has 1 aliphatic heterocycles. The average molecular weight is 343 g/mol. The number of allylic oxidation sites excluding steroid dienone is 3. The minimum Gasteiger partial charge on any atom is -0.369 e. The van der Waals surface area contributed by atoms with Crippen LogP contribution in [0.1, 0.15) is 38.5 Å². The van der Waals surface area contributed by atoms with Gasteiger partial charge in [0.15, 0.2) is 0 Å². The third-order valence-corrected chi connectivity index (χ3v) is 6.03. The number of thioether (sulfide) groups is 1. The van der Waals surface area contributed by atoms with Crippen LogP contribution in [0, 0.1) is 29.1 Å². The van der Waals surface area contributed by atoms with Crippen molar-refractivity contribution in [1.82, 2.24) is 0 Å². The van der Waals surface area contributed by atoms with Gasteiger partial charge in [-0.2, -0.15) is 5.26 Å². The highest BCUT2D eigenvalue weighted by molar-refractivity contribution is 8.03. The lowest BCUT2D eigenvalue weighted by molar-refractivity contribution is -0.123. The molecule has 0 aromatic rings. The molecule has 6 heteroatoms. The average Bonchev–Trinajstić information content (AvgIpc) is 2.59. The first-order valence-corrected chi connectivity index (χ1v) is 9.41. The van der Waals surface area contributed by atoms with Gasteiger partial charge < -0.3 is 5.73 Å². The number of nitriles is 1. The molecule has 3 rings (SSSR count). The molecule has 5 nitrogen and oxygen atoms in total. The predicted molar refractivity (Wildman–Crippen MR) is 94.0 cm³/mol. The number of carbonyl (C=O) groups is 2. The van der Waals surface area contributed by atoms with E-state index in [-0.39, 0.29) is 29.3 Å². The van der Waals surface area contributed by atoms with Crippen LogP contribution in [0.15, 0.2) is 27.7 Å². The minimum atomic E-state index is -0.427. The minimum absolute atomic E-state index is 0.101. The van der Waals surface area contributed by atoms with Gasteiger partial charge in [-0.1, -0.05) is 23.9 Å². The first kappa shape index (κ1) is 17.0. The van der Waals surface area contributed by atoms with Crippen molar-refractivity contribution in [3.05, 3.63) is 22.8 Å². The lowest BCUT2D eigenvalue weighted by atomic mass is 9.66. The number of Topliss-reactive ketones (excluding diaryl/α,β-unsaturated/α-hetero) is 1. The summed E-state index contributed by atoms with van der Waals surface area (Å²) in [5, 5.41) is 10.4. The van der Waals surface area contributed by atoms with E-state index in [1.54, 1.807) is 0 Å². The number of hydrogen-bond donors (Lipinski definition) is 1. The van der Waals surface area contributed by atoms with E-state index < -0.39 is 5.91 Å². The molecule has 0 aromatic carbocycles. The second-order valence-electron chi connectivity index (χ2n) is 6.56. The molecule has 3 aliphatic rings. The maximum atomic E-state index is 12.6. The Morgan fingerprint density at radius 3 is 2.92 bits per heavy atom. The van der Waals surface area contributed by atoms with Crippen molar-refractivity contribution in [2.45, 2.75) is 38.5 Å². The summed E-state index contributed by atoms with van der Waals surface area (Å²) in [6, 6.07) is 2.30. The molecule has 0 saturated heterocycles. The Bertz CT molecular complexity index is 687. The number of rotatable bonds is 4. The molecule has 3 atom stereocenters. The number of nitrogens with two attached hydrogens (primary N) is 1. The number of carbonyl (C=O) groups excluding carboxylic acids is 2. The van der Waals surface area contributed by atoms with E-state index in [0.29, 0.717) is 17.0 Å². The smallest absolute Gasteiger partial charge is 0.227 e. The summed E-state index contributed by atoms with van der Waals surface area (Å²) in [5.74, 6) is -0.173. The van der Waals surface area contributed by atoms with Crippen molar-refractivity contribution in [1.29, 1.82) is 5.26 Å². The van der Waals surface area contributed by atoms with Crippen LogP contribution in [0.5, 0.6) is 0 Å². The maximum Gasteiger partial charge on any atom is 0.227 e. The van der Waals surface area contributed by atoms with Crippen molar-refractivity contribution in [2.75, 3.05) is 5.75 Å². The molecule has 0 radical (unpaired) electrons. The fourth-order valence-corrected chi connectivity index (χ4v) is 4.79. The summed E-state index contributed by atoms with van der Waals surface area (Å²) in [4.78, 5) is 28.4. The van der Waals surface area contributed by atoms with Crippen molar-refractivity contribution in [3.63, 3.8) is 0 Å². The van der Waals surface area contributed by atoms with Crippen LogP contribution in [0.4, 0.5) is 0 Å². The Balaban J connectivity index is 2.01. The Hall–Kier alpha value is -1.87. The van der Waals surface area contributed by atoms with E-state index in [9.17, 15) is 14.9 Å². The summed E-state index contributed by atoms with van der Waals surface area (Å²) in [6.07, 6.45) is 9.36. The summed E-state index contributed by atoms with van der Waals surface area (Å²) >= 11 is 1.23. The molecule has 126 valence electrons. The third kappa shape index (κ3) is 3.32. The van der Waals surface area contributed by atoms with Gasteiger partial charge in [0.2, 0.25) is 5.91 Å². The zero-order valence-electron chi connectivity index (χ0n) is 13.5. The molecular formula is C18H21N3O2S. The van der Waals surface area contributed by atoms with Crippen LogP contribution >= 0.6 is 11.8 Å². The van der Waals surface area contributed by atoms with Crippen LogP contribution in [0.3, 0.4) is 0 Å². The van der Waals surface area contributed by atoms with Crippen LogP contribution in [-0.2, 0) is 9.59 Å². The molecule has 0 aromatic heterocycles. The number of primary amides is 1. The van der Waals surface area contributed by atoms with E-state index in [0.717, 1.165) is 37.8 Å². The highest BCUT2D eigenvalue weighted by Gasteiger charge is 2.44. The van der Waals surface area contributed by atoms with Gasteiger partial charge in [-0.3, -0.25) is 9.59 Å². The monoisotopic (exact) mass is 343 g/mol. The maximum absolute atomic E-state index is 12.6. The molecule has 2 aliphatic carbocycles. The molecule has 1 fully saturated rings. The SMILES string of the molecule is N#CC1=C(SCC(N)=O)N=C2CCCC(=O)C2[C@@H]1[C@@H]1CC=CCC1. The van der Waals surface area contributed by atoms with E-state index in [1.165, 1.54) is 11.8 Å². The number of nitrogens with zero attached hydrogens (tertiary/aromatic N) is 2. The normalized spacial score (nSPS) is 29.7. The van der Waals surface area contributed by atoms with Gasteiger partial charge in [0.25, 0.3) is 0 Å². The first-order valence-electron chi connectivity index (χ1n) is 8.42. The summed E-state index contributed by atoms with van der Waals surface area (Å²) in [5.41, 5.74) is 6.73. The van der Waals surface area contributed by atoms with Crippen LogP contribution in [0.2, 0.25) is 0 Å². The zero-order valence-corrected chi connectivity index (χ0v) is 14.3. The van der Waals surface area contributed by atoms with Gasteiger partial charge in [0.1, 0.15) is 10.8 Å². The molecule has 0 spiro atoms. The molecule has 0 bridgehead atoms. The number of ketones is 1. The molecule has 1 amide bonds. The van der Waals surface area contributed by atoms with Gasteiger partial charge in [0, 0.05) is 18.1 Å². The fraction of sp³-hybridized carbons (Fsp3) is 0.556. The van der Waals surface area contributed by atoms with Crippen LogP contribution < -0.4 is 5.73 Å². The lowest BCUT2D eigenvalue weighted by Gasteiger charge is -2.39. The van der Waals surface area contributed by atoms with Crippen LogP contribution in [0.25, 0.3) is 0 Å². The number of amides is 1. The Labute approximate surface area is 146 Å². The van der Waals surface area contributed by atoms with Gasteiger partial charge in [-0.25, -0.2) is 4.99 Å². The molecule has 2 N–H and O–H groups in total. The van der Waals surface area contributed by atoms with Crippen LogP contribution in [-0.4, -0.2) is 23.2 Å². The summed E-state index contributed by atoms with van der Waals surface area (Å²) in [6.45, 7) is 0. The van der Waals surface area contributed by atoms with Gasteiger partial charge >= 0.3 is 0 Å². The predicted octanol–water partition coefficient (Wildman–Crippen LogP) is 2.74. The zero-order chi connectivity index (χ0) is 17.1. The number of aliphatic imine (C=N–C) groups is 1. The Kier molecular flexibility index (Phi) is 5.20. The largest absolute Gasteiger partial charge is 0.369 e. The molecule has 1 heterocycles. The Morgan fingerprint density at radius 2 is 2.25 bits per heavy atom. The number of hydrogen-bond acceptors (Lipinski definition) is 5. The van der Waals surface area contributed by atoms with Crippen molar-refractivity contribution < 1.29 is 9.59 Å². The molecule has 1 unspecified atom stereocenters. The lowest BCUT2D eigenvalue weighted by Crippen LogP contribution is -2.41. The third-order valence-electron chi connectivity index (χ3n) is 5.02. The van der Waals surface area contributed by atoms with Crippen molar-refractivity contribution >= 4 is 29.2 Å². The molecular weight excluding hydrogens is 322 g/mol.